The van der Waals surface area contributed by atoms with Gasteiger partial charge in [-0.15, -0.1) is 0 Å². The second-order valence-electron chi connectivity index (χ2n) is 6.95. The molecule has 0 saturated carbocycles. The van der Waals surface area contributed by atoms with Gasteiger partial charge < -0.3 is 10.6 Å². The lowest BCUT2D eigenvalue weighted by Gasteiger charge is -2.13. The van der Waals surface area contributed by atoms with Crippen LogP contribution in [0, 0.1) is 0 Å². The molecule has 29 heavy (non-hydrogen) atoms. The van der Waals surface area contributed by atoms with Crippen molar-refractivity contribution in [1.82, 2.24) is 20.4 Å². The van der Waals surface area contributed by atoms with Gasteiger partial charge in [0.2, 0.25) is 0 Å². The van der Waals surface area contributed by atoms with E-state index in [4.69, 9.17) is 11.6 Å². The molecule has 3 rings (SSSR count). The molecule has 0 atom stereocenters. The maximum atomic E-state index is 12.8. The summed E-state index contributed by atoms with van der Waals surface area (Å²) in [5.74, 6) is -0.253. The first-order valence-electron chi connectivity index (χ1n) is 9.33. The Labute approximate surface area is 174 Å². The summed E-state index contributed by atoms with van der Waals surface area (Å²) < 4.78 is 1.75. The highest BCUT2D eigenvalue weighted by molar-refractivity contribution is 6.30. The zero-order valence-corrected chi connectivity index (χ0v) is 17.3. The number of aromatic nitrogens is 2. The summed E-state index contributed by atoms with van der Waals surface area (Å²) in [6.45, 7) is 4.39. The van der Waals surface area contributed by atoms with Crippen molar-refractivity contribution in [3.05, 3.63) is 82.1 Å². The fraction of sp³-hybridized carbons (Fsp3) is 0.227. The minimum Gasteiger partial charge on any atom is -0.355 e. The summed E-state index contributed by atoms with van der Waals surface area (Å²) >= 11 is 6.11. The number of nitrogens with one attached hydrogen (secondary N) is 2. The predicted octanol–water partition coefficient (Wildman–Crippen LogP) is 3.94. The number of halogens is 1. The zero-order valence-electron chi connectivity index (χ0n) is 16.6. The molecular formula is C22H23ClN4O2. The molecule has 0 fully saturated rings. The van der Waals surface area contributed by atoms with Crippen molar-refractivity contribution in [2.45, 2.75) is 26.3 Å². The molecule has 3 aromatic rings. The van der Waals surface area contributed by atoms with Crippen LogP contribution in [0.15, 0.2) is 54.7 Å². The van der Waals surface area contributed by atoms with Gasteiger partial charge in [-0.3, -0.25) is 9.59 Å². The molecule has 150 valence electrons. The number of rotatable bonds is 6. The van der Waals surface area contributed by atoms with Crippen molar-refractivity contribution in [3.8, 4) is 5.69 Å². The Morgan fingerprint density at radius 2 is 1.83 bits per heavy atom. The van der Waals surface area contributed by atoms with Crippen LogP contribution in [-0.2, 0) is 6.54 Å². The number of hydrogen-bond acceptors (Lipinski definition) is 3. The number of carbonyl (C=O) groups excluding carboxylic acids is 2. The third-order valence-corrected chi connectivity index (χ3v) is 4.78. The average molecular weight is 411 g/mol. The molecule has 7 heteroatoms. The first-order valence-corrected chi connectivity index (χ1v) is 9.71. The topological polar surface area (TPSA) is 76.0 Å². The van der Waals surface area contributed by atoms with Crippen LogP contribution in [0.2, 0.25) is 5.02 Å². The highest BCUT2D eigenvalue weighted by Crippen LogP contribution is 2.24. The van der Waals surface area contributed by atoms with Crippen LogP contribution in [0.5, 0.6) is 0 Å². The average Bonchev–Trinajstić information content (AvgIpc) is 3.17. The Hall–Kier alpha value is -3.12. The monoisotopic (exact) mass is 410 g/mol. The van der Waals surface area contributed by atoms with E-state index in [0.717, 1.165) is 16.9 Å². The van der Waals surface area contributed by atoms with Crippen molar-refractivity contribution in [2.24, 2.45) is 0 Å². The summed E-state index contributed by atoms with van der Waals surface area (Å²) in [5, 5.41) is 10.5. The van der Waals surface area contributed by atoms with Gasteiger partial charge in [0.25, 0.3) is 11.8 Å². The Bertz CT molecular complexity index is 1030. The standard InChI is InChI=1S/C22H23ClN4O2/c1-14(2)20-19(13-26-27(20)18-6-4-5-17(23)11-18)22(29)25-12-15-7-9-16(10-8-15)21(28)24-3/h4-11,13-14H,12H2,1-3H3,(H,24,28)(H,25,29). The van der Waals surface area contributed by atoms with Crippen LogP contribution in [0.3, 0.4) is 0 Å². The molecule has 0 saturated heterocycles. The Kier molecular flexibility index (Phi) is 6.34. The predicted molar refractivity (Wildman–Crippen MR) is 114 cm³/mol. The molecule has 2 aromatic carbocycles. The first-order chi connectivity index (χ1) is 13.9. The summed E-state index contributed by atoms with van der Waals surface area (Å²) in [6, 6.07) is 14.5. The van der Waals surface area contributed by atoms with E-state index in [1.807, 2.05) is 44.2 Å². The van der Waals surface area contributed by atoms with Crippen LogP contribution in [0.25, 0.3) is 5.69 Å². The number of carbonyl (C=O) groups is 2. The maximum absolute atomic E-state index is 12.8. The number of benzene rings is 2. The highest BCUT2D eigenvalue weighted by atomic mass is 35.5. The van der Waals surface area contributed by atoms with E-state index in [2.05, 4.69) is 15.7 Å². The van der Waals surface area contributed by atoms with E-state index in [1.165, 1.54) is 0 Å². The van der Waals surface area contributed by atoms with E-state index in [0.29, 0.717) is 22.7 Å². The molecule has 0 aliphatic carbocycles. The van der Waals surface area contributed by atoms with Gasteiger partial charge in [-0.25, -0.2) is 4.68 Å². The molecule has 1 aromatic heterocycles. The minimum absolute atomic E-state index is 0.0871. The highest BCUT2D eigenvalue weighted by Gasteiger charge is 2.21. The van der Waals surface area contributed by atoms with Crippen molar-refractivity contribution in [1.29, 1.82) is 0 Å². The third-order valence-electron chi connectivity index (χ3n) is 4.55. The molecule has 0 radical (unpaired) electrons. The van der Waals surface area contributed by atoms with Crippen LogP contribution in [0.1, 0.15) is 51.7 Å². The van der Waals surface area contributed by atoms with Crippen molar-refractivity contribution in [3.63, 3.8) is 0 Å². The lowest BCUT2D eigenvalue weighted by molar-refractivity contribution is 0.0945. The number of hydrogen-bond donors (Lipinski definition) is 2. The number of amides is 2. The Balaban J connectivity index is 1.78. The summed E-state index contributed by atoms with van der Waals surface area (Å²) in [6.07, 6.45) is 1.58. The normalized spacial score (nSPS) is 10.8. The fourth-order valence-electron chi connectivity index (χ4n) is 3.10. The Morgan fingerprint density at radius 1 is 1.10 bits per heavy atom. The zero-order chi connectivity index (χ0) is 21.0. The molecule has 6 nitrogen and oxygen atoms in total. The molecule has 1 heterocycles. The quantitative estimate of drug-likeness (QED) is 0.646. The molecule has 2 amide bonds. The van der Waals surface area contributed by atoms with Gasteiger partial charge in [-0.2, -0.15) is 5.10 Å². The van der Waals surface area contributed by atoms with Crippen LogP contribution < -0.4 is 10.6 Å². The molecule has 0 spiro atoms. The number of nitrogens with zero attached hydrogens (tertiary/aromatic N) is 2. The maximum Gasteiger partial charge on any atom is 0.255 e. The second kappa shape index (κ2) is 8.92. The molecular weight excluding hydrogens is 388 g/mol. The summed E-state index contributed by atoms with van der Waals surface area (Å²) in [7, 11) is 1.59. The molecule has 0 aliphatic heterocycles. The largest absolute Gasteiger partial charge is 0.355 e. The van der Waals surface area contributed by atoms with E-state index in [-0.39, 0.29) is 17.7 Å². The molecule has 0 unspecified atom stereocenters. The first kappa shape index (κ1) is 20.6. The minimum atomic E-state index is -0.197. The van der Waals surface area contributed by atoms with Gasteiger partial charge in [-0.05, 0) is 41.8 Å². The SMILES string of the molecule is CNC(=O)c1ccc(CNC(=O)c2cnn(-c3cccc(Cl)c3)c2C(C)C)cc1. The molecule has 0 bridgehead atoms. The van der Waals surface area contributed by atoms with Crippen LogP contribution >= 0.6 is 11.6 Å². The van der Waals surface area contributed by atoms with Gasteiger partial charge in [0.05, 0.1) is 23.1 Å². The van der Waals surface area contributed by atoms with E-state index < -0.39 is 0 Å². The van der Waals surface area contributed by atoms with Gasteiger partial charge in [0.1, 0.15) is 0 Å². The summed E-state index contributed by atoms with van der Waals surface area (Å²) in [4.78, 5) is 24.4. The smallest absolute Gasteiger partial charge is 0.255 e. The van der Waals surface area contributed by atoms with E-state index in [1.54, 1.807) is 36.1 Å². The molecule has 2 N–H and O–H groups in total. The fourth-order valence-corrected chi connectivity index (χ4v) is 3.28. The third kappa shape index (κ3) is 4.66. The van der Waals surface area contributed by atoms with Crippen LogP contribution in [-0.4, -0.2) is 28.6 Å². The van der Waals surface area contributed by atoms with Crippen molar-refractivity contribution >= 4 is 23.4 Å². The van der Waals surface area contributed by atoms with Gasteiger partial charge >= 0.3 is 0 Å². The molecule has 0 aliphatic rings. The van der Waals surface area contributed by atoms with Gasteiger partial charge in [0.15, 0.2) is 0 Å². The second-order valence-corrected chi connectivity index (χ2v) is 7.39. The van der Waals surface area contributed by atoms with E-state index in [9.17, 15) is 9.59 Å². The van der Waals surface area contributed by atoms with Crippen LogP contribution in [0.4, 0.5) is 0 Å². The Morgan fingerprint density at radius 3 is 2.45 bits per heavy atom. The van der Waals surface area contributed by atoms with Crippen molar-refractivity contribution in [2.75, 3.05) is 7.05 Å². The van der Waals surface area contributed by atoms with E-state index >= 15 is 0 Å². The lowest BCUT2D eigenvalue weighted by Crippen LogP contribution is -2.24. The lowest BCUT2D eigenvalue weighted by atomic mass is 10.0. The van der Waals surface area contributed by atoms with Crippen molar-refractivity contribution < 1.29 is 9.59 Å². The van der Waals surface area contributed by atoms with Gasteiger partial charge in [0, 0.05) is 24.2 Å². The summed E-state index contributed by atoms with van der Waals surface area (Å²) in [5.41, 5.74) is 3.64. The van der Waals surface area contributed by atoms with Gasteiger partial charge in [-0.1, -0.05) is 43.6 Å².